The number of nitro groups is 1. The molecule has 1 aromatic carbocycles. The van der Waals surface area contributed by atoms with Crippen LogP contribution < -0.4 is 0 Å². The summed E-state index contributed by atoms with van der Waals surface area (Å²) in [4.78, 5) is 19.8. The van der Waals surface area contributed by atoms with Gasteiger partial charge in [-0.25, -0.2) is 4.98 Å². The van der Waals surface area contributed by atoms with Crippen molar-refractivity contribution in [2.24, 2.45) is 0 Å². The molecule has 0 spiro atoms. The molecule has 0 amide bonds. The van der Waals surface area contributed by atoms with Crippen molar-refractivity contribution in [3.05, 3.63) is 34.2 Å². The van der Waals surface area contributed by atoms with Gasteiger partial charge in [-0.2, -0.15) is 0 Å². The third-order valence-corrected chi connectivity index (χ3v) is 5.10. The van der Waals surface area contributed by atoms with E-state index in [0.29, 0.717) is 29.6 Å². The van der Waals surface area contributed by atoms with Crippen molar-refractivity contribution in [1.82, 2.24) is 14.8 Å². The van der Waals surface area contributed by atoms with Gasteiger partial charge in [-0.15, -0.1) is 0 Å². The van der Waals surface area contributed by atoms with Crippen molar-refractivity contribution >= 4 is 16.8 Å². The zero-order valence-electron chi connectivity index (χ0n) is 14.1. The molecule has 0 aliphatic carbocycles. The number of hydrogen-bond donors (Lipinski definition) is 0. The summed E-state index contributed by atoms with van der Waals surface area (Å²) >= 11 is 0. The van der Waals surface area contributed by atoms with Gasteiger partial charge in [-0.3, -0.25) is 19.9 Å². The van der Waals surface area contributed by atoms with Crippen LogP contribution in [0, 0.1) is 10.1 Å². The number of aromatic nitrogens is 1. The first-order valence-corrected chi connectivity index (χ1v) is 8.77. The van der Waals surface area contributed by atoms with E-state index >= 15 is 0 Å². The van der Waals surface area contributed by atoms with Crippen LogP contribution in [0.2, 0.25) is 0 Å². The van der Waals surface area contributed by atoms with E-state index < -0.39 is 4.92 Å². The monoisotopic (exact) mass is 346 g/mol. The number of nitrogens with zero attached hydrogens (tertiary/aromatic N) is 4. The van der Waals surface area contributed by atoms with Crippen LogP contribution in [0.1, 0.15) is 18.7 Å². The Kier molecular flexibility index (Phi) is 4.65. The molecule has 3 heterocycles. The molecule has 25 heavy (non-hydrogen) atoms. The van der Waals surface area contributed by atoms with Crippen LogP contribution in [-0.4, -0.2) is 65.1 Å². The molecule has 0 bridgehead atoms. The summed E-state index contributed by atoms with van der Waals surface area (Å²) in [6.45, 7) is 6.46. The molecule has 8 heteroatoms. The fourth-order valence-electron chi connectivity index (χ4n) is 3.67. The smallest absolute Gasteiger partial charge is 0.271 e. The predicted molar refractivity (Wildman–Crippen MR) is 91.4 cm³/mol. The highest BCUT2D eigenvalue weighted by molar-refractivity contribution is 5.75. The maximum Gasteiger partial charge on any atom is 0.271 e. The van der Waals surface area contributed by atoms with Crippen LogP contribution in [-0.2, 0) is 11.3 Å². The lowest BCUT2D eigenvalue weighted by molar-refractivity contribution is -0.384. The van der Waals surface area contributed by atoms with Gasteiger partial charge in [0.1, 0.15) is 5.52 Å². The van der Waals surface area contributed by atoms with E-state index in [4.69, 9.17) is 9.15 Å². The van der Waals surface area contributed by atoms with Crippen LogP contribution in [0.25, 0.3) is 11.1 Å². The molecule has 0 saturated carbocycles. The number of oxazole rings is 1. The minimum absolute atomic E-state index is 0.0393. The van der Waals surface area contributed by atoms with Crippen molar-refractivity contribution in [3.8, 4) is 0 Å². The lowest BCUT2D eigenvalue weighted by atomic mass is 10.1. The predicted octanol–water partition coefficient (Wildman–Crippen LogP) is 2.03. The first-order valence-electron chi connectivity index (χ1n) is 8.77. The van der Waals surface area contributed by atoms with Gasteiger partial charge in [0.2, 0.25) is 5.89 Å². The summed E-state index contributed by atoms with van der Waals surface area (Å²) in [6, 6.07) is 5.18. The molecule has 2 fully saturated rings. The number of nitro benzene ring substituents is 1. The second-order valence-corrected chi connectivity index (χ2v) is 6.67. The van der Waals surface area contributed by atoms with Gasteiger partial charge in [0.05, 0.1) is 11.5 Å². The van der Waals surface area contributed by atoms with Crippen LogP contribution in [0.4, 0.5) is 5.69 Å². The standard InChI is InChI=1S/C17H22N4O4/c22-21(23)14-1-2-16-15(11-14)18-17(25-16)12-19-5-7-20(8-6-19)13-3-9-24-10-4-13/h1-2,11,13H,3-10,12H2. The summed E-state index contributed by atoms with van der Waals surface area (Å²) in [5, 5.41) is 10.9. The average molecular weight is 346 g/mol. The van der Waals surface area contributed by atoms with Gasteiger partial charge >= 0.3 is 0 Å². The highest BCUT2D eigenvalue weighted by atomic mass is 16.6. The second-order valence-electron chi connectivity index (χ2n) is 6.67. The zero-order valence-corrected chi connectivity index (χ0v) is 14.1. The highest BCUT2D eigenvalue weighted by Gasteiger charge is 2.26. The topological polar surface area (TPSA) is 84.9 Å². The molecule has 2 aliphatic heterocycles. The number of non-ortho nitro benzene ring substituents is 1. The van der Waals surface area contributed by atoms with Gasteiger partial charge in [-0.05, 0) is 18.9 Å². The highest BCUT2D eigenvalue weighted by Crippen LogP contribution is 2.23. The number of piperazine rings is 1. The van der Waals surface area contributed by atoms with Gasteiger partial charge in [0.25, 0.3) is 5.69 Å². The lowest BCUT2D eigenvalue weighted by Gasteiger charge is -2.40. The maximum absolute atomic E-state index is 10.9. The minimum atomic E-state index is -0.413. The van der Waals surface area contributed by atoms with Crippen molar-refractivity contribution in [3.63, 3.8) is 0 Å². The third-order valence-electron chi connectivity index (χ3n) is 5.10. The first-order chi connectivity index (χ1) is 12.2. The fourth-order valence-corrected chi connectivity index (χ4v) is 3.67. The van der Waals surface area contributed by atoms with Crippen LogP contribution >= 0.6 is 0 Å². The van der Waals surface area contributed by atoms with Crippen molar-refractivity contribution in [2.75, 3.05) is 39.4 Å². The Balaban J connectivity index is 1.36. The molecule has 4 rings (SSSR count). The van der Waals surface area contributed by atoms with E-state index in [1.807, 2.05) is 0 Å². The van der Waals surface area contributed by atoms with E-state index in [-0.39, 0.29) is 5.69 Å². The molecule has 0 unspecified atom stereocenters. The molecule has 0 radical (unpaired) electrons. The van der Waals surface area contributed by atoms with Crippen molar-refractivity contribution < 1.29 is 14.1 Å². The Labute approximate surface area is 145 Å². The number of benzene rings is 1. The summed E-state index contributed by atoms with van der Waals surface area (Å²) < 4.78 is 11.2. The van der Waals surface area contributed by atoms with Crippen molar-refractivity contribution in [1.29, 1.82) is 0 Å². The molecule has 0 atom stereocenters. The van der Waals surface area contributed by atoms with E-state index in [1.54, 1.807) is 6.07 Å². The molecule has 1 aromatic heterocycles. The Morgan fingerprint density at radius 1 is 1.20 bits per heavy atom. The molecule has 0 N–H and O–H groups in total. The normalized spacial score (nSPS) is 21.0. The summed E-state index contributed by atoms with van der Waals surface area (Å²) in [6.07, 6.45) is 2.26. The summed E-state index contributed by atoms with van der Waals surface area (Å²) in [7, 11) is 0. The Hall–Kier alpha value is -2.03. The third kappa shape index (κ3) is 3.65. The molecular formula is C17H22N4O4. The largest absolute Gasteiger partial charge is 0.439 e. The van der Waals surface area contributed by atoms with E-state index in [9.17, 15) is 10.1 Å². The van der Waals surface area contributed by atoms with Crippen LogP contribution in [0.5, 0.6) is 0 Å². The maximum atomic E-state index is 10.9. The molecule has 2 aromatic rings. The van der Waals surface area contributed by atoms with Crippen LogP contribution in [0.3, 0.4) is 0 Å². The molecule has 8 nitrogen and oxygen atoms in total. The summed E-state index contributed by atoms with van der Waals surface area (Å²) in [5.74, 6) is 0.620. The SMILES string of the molecule is O=[N+]([O-])c1ccc2oc(CN3CCN(C4CCOCC4)CC3)nc2c1. The zero-order chi connectivity index (χ0) is 17.2. The van der Waals surface area contributed by atoms with E-state index in [1.165, 1.54) is 12.1 Å². The van der Waals surface area contributed by atoms with E-state index in [0.717, 1.165) is 52.2 Å². The molecule has 2 saturated heterocycles. The number of hydrogen-bond acceptors (Lipinski definition) is 7. The lowest BCUT2D eigenvalue weighted by Crippen LogP contribution is -2.51. The van der Waals surface area contributed by atoms with Gasteiger partial charge in [0.15, 0.2) is 5.58 Å². The van der Waals surface area contributed by atoms with Gasteiger partial charge in [-0.1, -0.05) is 0 Å². The van der Waals surface area contributed by atoms with Gasteiger partial charge < -0.3 is 9.15 Å². The van der Waals surface area contributed by atoms with Crippen molar-refractivity contribution in [2.45, 2.75) is 25.4 Å². The summed E-state index contributed by atoms with van der Waals surface area (Å²) in [5.41, 5.74) is 1.18. The number of rotatable bonds is 4. The fraction of sp³-hybridized carbons (Fsp3) is 0.588. The van der Waals surface area contributed by atoms with E-state index in [2.05, 4.69) is 14.8 Å². The van der Waals surface area contributed by atoms with Gasteiger partial charge in [0, 0.05) is 57.6 Å². The number of ether oxygens (including phenoxy) is 1. The minimum Gasteiger partial charge on any atom is -0.439 e. The molecule has 2 aliphatic rings. The Morgan fingerprint density at radius 2 is 1.96 bits per heavy atom. The molecular weight excluding hydrogens is 324 g/mol. The second kappa shape index (κ2) is 7.07. The Morgan fingerprint density at radius 3 is 2.68 bits per heavy atom. The first kappa shape index (κ1) is 16.4. The average Bonchev–Trinajstić information content (AvgIpc) is 3.04. The Bertz CT molecular complexity index is 748. The molecule has 134 valence electrons. The quantitative estimate of drug-likeness (QED) is 0.618. The van der Waals surface area contributed by atoms with Crippen LogP contribution in [0.15, 0.2) is 22.6 Å². The number of fused-ring (bicyclic) bond motifs is 1.